The quantitative estimate of drug-likeness (QED) is 0.177. The van der Waals surface area contributed by atoms with E-state index in [4.69, 9.17) is 9.47 Å². The van der Waals surface area contributed by atoms with Gasteiger partial charge >= 0.3 is 11.9 Å². The van der Waals surface area contributed by atoms with E-state index in [2.05, 4.69) is 13.8 Å². The third kappa shape index (κ3) is 9.51. The fourth-order valence-corrected chi connectivity index (χ4v) is 3.21. The van der Waals surface area contributed by atoms with Crippen molar-refractivity contribution in [3.8, 4) is 0 Å². The predicted octanol–water partition coefficient (Wildman–Crippen LogP) is 7.33. The van der Waals surface area contributed by atoms with Gasteiger partial charge in [0.1, 0.15) is 0 Å². The molecular formula is C28H36O4. The van der Waals surface area contributed by atoms with Crippen LogP contribution in [0.2, 0.25) is 0 Å². The topological polar surface area (TPSA) is 52.6 Å². The number of rotatable bonds is 14. The van der Waals surface area contributed by atoms with Crippen LogP contribution >= 0.6 is 0 Å². The minimum absolute atomic E-state index is 0.273. The molecule has 0 spiro atoms. The molecule has 0 saturated heterocycles. The van der Waals surface area contributed by atoms with Crippen LogP contribution in [0.5, 0.6) is 0 Å². The first kappa shape index (κ1) is 25.4. The highest BCUT2D eigenvalue weighted by Crippen LogP contribution is 2.13. The molecule has 172 valence electrons. The van der Waals surface area contributed by atoms with Crippen LogP contribution < -0.4 is 0 Å². The molecule has 2 rings (SSSR count). The van der Waals surface area contributed by atoms with E-state index in [1.807, 2.05) is 36.4 Å². The van der Waals surface area contributed by atoms with Crippen molar-refractivity contribution in [2.75, 3.05) is 13.2 Å². The van der Waals surface area contributed by atoms with Gasteiger partial charge in [-0.3, -0.25) is 0 Å². The van der Waals surface area contributed by atoms with Crippen LogP contribution in [0.1, 0.15) is 97.1 Å². The van der Waals surface area contributed by atoms with Crippen molar-refractivity contribution in [3.05, 3.63) is 70.8 Å². The monoisotopic (exact) mass is 436 g/mol. The Hall–Kier alpha value is -2.88. The zero-order valence-electron chi connectivity index (χ0n) is 19.5. The summed E-state index contributed by atoms with van der Waals surface area (Å²) in [6.07, 6.45) is 12.6. The average molecular weight is 437 g/mol. The van der Waals surface area contributed by atoms with E-state index in [1.165, 1.54) is 25.7 Å². The van der Waals surface area contributed by atoms with Crippen LogP contribution in [0, 0.1) is 0 Å². The van der Waals surface area contributed by atoms with Gasteiger partial charge in [-0.2, -0.15) is 0 Å². The van der Waals surface area contributed by atoms with Crippen LogP contribution in [-0.4, -0.2) is 25.2 Å². The third-order valence-electron chi connectivity index (χ3n) is 5.22. The molecule has 0 aliphatic heterocycles. The zero-order valence-corrected chi connectivity index (χ0v) is 19.5. The summed E-state index contributed by atoms with van der Waals surface area (Å²) >= 11 is 0. The molecular weight excluding hydrogens is 400 g/mol. The minimum Gasteiger partial charge on any atom is -0.462 e. The molecule has 0 aromatic heterocycles. The Morgan fingerprint density at radius 1 is 0.594 bits per heavy atom. The highest BCUT2D eigenvalue weighted by Gasteiger charge is 2.07. The molecule has 0 heterocycles. The maximum Gasteiger partial charge on any atom is 0.338 e. The van der Waals surface area contributed by atoms with Crippen molar-refractivity contribution in [3.63, 3.8) is 0 Å². The fourth-order valence-electron chi connectivity index (χ4n) is 3.21. The summed E-state index contributed by atoms with van der Waals surface area (Å²) in [6.45, 7) is 5.26. The lowest BCUT2D eigenvalue weighted by molar-refractivity contribution is 0.0488. The van der Waals surface area contributed by atoms with Gasteiger partial charge in [0.15, 0.2) is 0 Å². The van der Waals surface area contributed by atoms with E-state index in [9.17, 15) is 9.59 Å². The van der Waals surface area contributed by atoms with E-state index in [-0.39, 0.29) is 11.9 Å². The SMILES string of the molecule is CCCCCCOC(=O)c1ccc(C=Cc2ccc(C(=O)OCCCCCC)cc2)cc1. The third-order valence-corrected chi connectivity index (χ3v) is 5.22. The molecule has 0 fully saturated rings. The first-order valence-corrected chi connectivity index (χ1v) is 11.9. The van der Waals surface area contributed by atoms with E-state index in [0.29, 0.717) is 24.3 Å². The van der Waals surface area contributed by atoms with Gasteiger partial charge in [-0.05, 0) is 48.2 Å². The number of hydrogen-bond acceptors (Lipinski definition) is 4. The molecule has 0 unspecified atom stereocenters. The number of benzene rings is 2. The van der Waals surface area contributed by atoms with Crippen molar-refractivity contribution in [2.45, 2.75) is 65.2 Å². The Morgan fingerprint density at radius 3 is 1.31 bits per heavy atom. The fraction of sp³-hybridized carbons (Fsp3) is 0.429. The van der Waals surface area contributed by atoms with Gasteiger partial charge in [0.05, 0.1) is 24.3 Å². The largest absolute Gasteiger partial charge is 0.462 e. The highest BCUT2D eigenvalue weighted by molar-refractivity contribution is 5.90. The molecule has 32 heavy (non-hydrogen) atoms. The van der Waals surface area contributed by atoms with Gasteiger partial charge in [-0.1, -0.05) is 88.8 Å². The standard InChI is InChI=1S/C28H36O4/c1-3-5-7-9-21-31-27(29)25-17-13-23(14-18-25)11-12-24-15-19-26(20-16-24)28(30)32-22-10-8-6-4-2/h11-20H,3-10,21-22H2,1-2H3. The second kappa shape index (κ2) is 15.0. The summed E-state index contributed by atoms with van der Waals surface area (Å²) in [7, 11) is 0. The molecule has 4 heteroatoms. The normalized spacial score (nSPS) is 10.9. The molecule has 0 aliphatic rings. The van der Waals surface area contributed by atoms with Gasteiger partial charge in [-0.25, -0.2) is 9.59 Å². The number of carbonyl (C=O) groups is 2. The molecule has 2 aromatic carbocycles. The number of hydrogen-bond donors (Lipinski definition) is 0. The van der Waals surface area contributed by atoms with Gasteiger partial charge in [0, 0.05) is 0 Å². The molecule has 0 radical (unpaired) electrons. The molecule has 4 nitrogen and oxygen atoms in total. The first-order valence-electron chi connectivity index (χ1n) is 11.9. The molecule has 0 atom stereocenters. The lowest BCUT2D eigenvalue weighted by atomic mass is 10.1. The Bertz CT molecular complexity index is 763. The maximum absolute atomic E-state index is 12.1. The molecule has 0 aliphatic carbocycles. The Labute approximate surface area is 192 Å². The van der Waals surface area contributed by atoms with Crippen molar-refractivity contribution < 1.29 is 19.1 Å². The summed E-state index contributed by atoms with van der Waals surface area (Å²) in [6, 6.07) is 14.7. The summed E-state index contributed by atoms with van der Waals surface area (Å²) in [5.41, 5.74) is 3.10. The van der Waals surface area contributed by atoms with Crippen LogP contribution in [0.3, 0.4) is 0 Å². The van der Waals surface area contributed by atoms with E-state index in [1.54, 1.807) is 24.3 Å². The maximum atomic E-state index is 12.1. The minimum atomic E-state index is -0.273. The molecule has 0 N–H and O–H groups in total. The van der Waals surface area contributed by atoms with Crippen LogP contribution in [0.4, 0.5) is 0 Å². The second-order valence-corrected chi connectivity index (χ2v) is 7.97. The summed E-state index contributed by atoms with van der Waals surface area (Å²) < 4.78 is 10.6. The van der Waals surface area contributed by atoms with Gasteiger partial charge in [0.2, 0.25) is 0 Å². The van der Waals surface area contributed by atoms with E-state index in [0.717, 1.165) is 36.8 Å². The van der Waals surface area contributed by atoms with Gasteiger partial charge in [-0.15, -0.1) is 0 Å². The smallest absolute Gasteiger partial charge is 0.338 e. The first-order chi connectivity index (χ1) is 15.6. The van der Waals surface area contributed by atoms with Crippen LogP contribution in [0.15, 0.2) is 48.5 Å². The summed E-state index contributed by atoms with van der Waals surface area (Å²) in [5, 5.41) is 0. The van der Waals surface area contributed by atoms with Crippen molar-refractivity contribution in [1.82, 2.24) is 0 Å². The second-order valence-electron chi connectivity index (χ2n) is 7.97. The molecule has 2 aromatic rings. The summed E-state index contributed by atoms with van der Waals surface area (Å²) in [5.74, 6) is -0.547. The number of unbranched alkanes of at least 4 members (excludes halogenated alkanes) is 6. The van der Waals surface area contributed by atoms with Crippen molar-refractivity contribution >= 4 is 24.1 Å². The van der Waals surface area contributed by atoms with Crippen LogP contribution in [-0.2, 0) is 9.47 Å². The van der Waals surface area contributed by atoms with Gasteiger partial charge < -0.3 is 9.47 Å². The van der Waals surface area contributed by atoms with E-state index < -0.39 is 0 Å². The Balaban J connectivity index is 1.80. The van der Waals surface area contributed by atoms with E-state index >= 15 is 0 Å². The highest BCUT2D eigenvalue weighted by atomic mass is 16.5. The number of esters is 2. The van der Waals surface area contributed by atoms with Crippen LogP contribution in [0.25, 0.3) is 12.2 Å². The molecule has 0 saturated carbocycles. The Morgan fingerprint density at radius 2 is 0.969 bits per heavy atom. The van der Waals surface area contributed by atoms with Crippen molar-refractivity contribution in [2.24, 2.45) is 0 Å². The lowest BCUT2D eigenvalue weighted by Crippen LogP contribution is -2.06. The lowest BCUT2D eigenvalue weighted by Gasteiger charge is -2.05. The van der Waals surface area contributed by atoms with Gasteiger partial charge in [0.25, 0.3) is 0 Å². The van der Waals surface area contributed by atoms with Crippen molar-refractivity contribution in [1.29, 1.82) is 0 Å². The number of carbonyl (C=O) groups excluding carboxylic acids is 2. The summed E-state index contributed by atoms with van der Waals surface area (Å²) in [4.78, 5) is 24.2. The molecule has 0 bridgehead atoms. The predicted molar refractivity (Wildman–Crippen MR) is 131 cm³/mol. The zero-order chi connectivity index (χ0) is 23.0. The Kier molecular flexibility index (Phi) is 11.9. The average Bonchev–Trinajstić information content (AvgIpc) is 2.83. The molecule has 0 amide bonds. The number of ether oxygens (including phenoxy) is 2.